The Kier molecular flexibility index (Phi) is 3.19. The Bertz CT molecular complexity index is 392. The number of rotatable bonds is 1. The van der Waals surface area contributed by atoms with Gasteiger partial charge in [-0.1, -0.05) is 0 Å². The van der Waals surface area contributed by atoms with Gasteiger partial charge < -0.3 is 5.32 Å². The summed E-state index contributed by atoms with van der Waals surface area (Å²) in [6, 6.07) is 1.91. The maximum atomic E-state index is 13.5. The molecule has 1 N–H and O–H groups in total. The molecule has 1 saturated heterocycles. The minimum absolute atomic E-state index is 0.0219. The predicted molar refractivity (Wildman–Crippen MR) is 55.8 cm³/mol. The smallest absolute Gasteiger partial charge is 0.161 e. The van der Waals surface area contributed by atoms with Crippen molar-refractivity contribution in [3.63, 3.8) is 0 Å². The van der Waals surface area contributed by atoms with Crippen molar-refractivity contribution in [1.29, 1.82) is 0 Å². The van der Waals surface area contributed by atoms with Crippen LogP contribution in [0.2, 0.25) is 0 Å². The Morgan fingerprint density at radius 2 is 1.81 bits per heavy atom. The van der Waals surface area contributed by atoms with Crippen molar-refractivity contribution in [3.05, 3.63) is 35.1 Å². The highest BCUT2D eigenvalue weighted by atomic mass is 19.2. The van der Waals surface area contributed by atoms with E-state index in [1.165, 1.54) is 0 Å². The number of hydrogen-bond donors (Lipinski definition) is 1. The summed E-state index contributed by atoms with van der Waals surface area (Å²) in [5.74, 6) is -2.75. The van der Waals surface area contributed by atoms with Crippen molar-refractivity contribution in [1.82, 2.24) is 5.32 Å². The number of hydrogen-bond acceptors (Lipinski definition) is 1. The SMILES string of the molecule is CC1CC(c2cc(F)c(F)cc2F)CCN1. The van der Waals surface area contributed by atoms with Crippen LogP contribution in [0.4, 0.5) is 13.2 Å². The number of nitrogens with one attached hydrogen (secondary N) is 1. The van der Waals surface area contributed by atoms with Crippen molar-refractivity contribution in [2.45, 2.75) is 31.7 Å². The molecule has 0 aliphatic carbocycles. The molecule has 0 saturated carbocycles. The second kappa shape index (κ2) is 4.45. The van der Waals surface area contributed by atoms with Gasteiger partial charge in [0.05, 0.1) is 0 Å². The minimum Gasteiger partial charge on any atom is -0.314 e. The zero-order valence-electron chi connectivity index (χ0n) is 9.06. The zero-order chi connectivity index (χ0) is 11.7. The van der Waals surface area contributed by atoms with Gasteiger partial charge in [0.2, 0.25) is 0 Å². The fraction of sp³-hybridized carbons (Fsp3) is 0.500. The molecule has 4 heteroatoms. The van der Waals surface area contributed by atoms with Gasteiger partial charge in [0, 0.05) is 12.1 Å². The lowest BCUT2D eigenvalue weighted by atomic mass is 9.86. The van der Waals surface area contributed by atoms with Gasteiger partial charge in [0.15, 0.2) is 11.6 Å². The number of halogens is 3. The fourth-order valence-corrected chi connectivity index (χ4v) is 2.27. The Hall–Kier alpha value is -1.03. The van der Waals surface area contributed by atoms with Crippen molar-refractivity contribution < 1.29 is 13.2 Å². The van der Waals surface area contributed by atoms with Gasteiger partial charge in [0.1, 0.15) is 5.82 Å². The Labute approximate surface area is 92.7 Å². The lowest BCUT2D eigenvalue weighted by Crippen LogP contribution is -2.35. The van der Waals surface area contributed by atoms with Gasteiger partial charge in [-0.15, -0.1) is 0 Å². The molecule has 88 valence electrons. The van der Waals surface area contributed by atoms with Crippen LogP contribution in [0, 0.1) is 17.5 Å². The molecule has 0 bridgehead atoms. The Morgan fingerprint density at radius 3 is 2.50 bits per heavy atom. The molecule has 1 nitrogen and oxygen atoms in total. The summed E-state index contributed by atoms with van der Waals surface area (Å²) in [7, 11) is 0. The number of benzene rings is 1. The van der Waals surface area contributed by atoms with E-state index in [4.69, 9.17) is 0 Å². The van der Waals surface area contributed by atoms with Crippen LogP contribution in [0.25, 0.3) is 0 Å². The topological polar surface area (TPSA) is 12.0 Å². The first kappa shape index (κ1) is 11.5. The van der Waals surface area contributed by atoms with E-state index in [0.717, 1.165) is 25.5 Å². The van der Waals surface area contributed by atoms with Crippen LogP contribution < -0.4 is 5.32 Å². The monoisotopic (exact) mass is 229 g/mol. The quantitative estimate of drug-likeness (QED) is 0.730. The summed E-state index contributed by atoms with van der Waals surface area (Å²) in [5.41, 5.74) is 0.298. The predicted octanol–water partition coefficient (Wildman–Crippen LogP) is 2.96. The molecule has 0 radical (unpaired) electrons. The van der Waals surface area contributed by atoms with Crippen LogP contribution in [0.3, 0.4) is 0 Å². The molecule has 2 unspecified atom stereocenters. The maximum Gasteiger partial charge on any atom is 0.161 e. The highest BCUT2D eigenvalue weighted by Gasteiger charge is 2.23. The highest BCUT2D eigenvalue weighted by Crippen LogP contribution is 2.30. The summed E-state index contributed by atoms with van der Waals surface area (Å²) in [6.07, 6.45) is 1.51. The molecule has 1 aromatic rings. The van der Waals surface area contributed by atoms with E-state index in [1.54, 1.807) is 0 Å². The van der Waals surface area contributed by atoms with E-state index in [1.807, 2.05) is 6.92 Å². The largest absolute Gasteiger partial charge is 0.314 e. The van der Waals surface area contributed by atoms with E-state index < -0.39 is 17.5 Å². The third-order valence-electron chi connectivity index (χ3n) is 3.10. The first-order valence-electron chi connectivity index (χ1n) is 5.45. The van der Waals surface area contributed by atoms with Crippen LogP contribution >= 0.6 is 0 Å². The van der Waals surface area contributed by atoms with E-state index >= 15 is 0 Å². The summed E-state index contributed by atoms with van der Waals surface area (Å²) in [5, 5.41) is 3.24. The van der Waals surface area contributed by atoms with Gasteiger partial charge in [-0.05, 0) is 43.9 Å². The molecule has 1 fully saturated rings. The molecule has 2 atom stereocenters. The van der Waals surface area contributed by atoms with Crippen LogP contribution in [-0.4, -0.2) is 12.6 Å². The molecule has 1 aromatic carbocycles. The van der Waals surface area contributed by atoms with Crippen molar-refractivity contribution in [2.24, 2.45) is 0 Å². The molecule has 1 aliphatic heterocycles. The first-order chi connectivity index (χ1) is 7.58. The van der Waals surface area contributed by atoms with Gasteiger partial charge >= 0.3 is 0 Å². The summed E-state index contributed by atoms with van der Waals surface area (Å²) in [4.78, 5) is 0. The third kappa shape index (κ3) is 2.21. The lowest BCUT2D eigenvalue weighted by Gasteiger charge is -2.28. The summed E-state index contributed by atoms with van der Waals surface area (Å²) >= 11 is 0. The van der Waals surface area contributed by atoms with Crippen LogP contribution in [0.5, 0.6) is 0 Å². The van der Waals surface area contributed by atoms with E-state index in [9.17, 15) is 13.2 Å². The lowest BCUT2D eigenvalue weighted by molar-refractivity contribution is 0.370. The summed E-state index contributed by atoms with van der Waals surface area (Å²) in [6.45, 7) is 2.79. The fourth-order valence-electron chi connectivity index (χ4n) is 2.27. The third-order valence-corrected chi connectivity index (χ3v) is 3.10. The van der Waals surface area contributed by atoms with E-state index in [-0.39, 0.29) is 12.0 Å². The van der Waals surface area contributed by atoms with Crippen molar-refractivity contribution >= 4 is 0 Å². The van der Waals surface area contributed by atoms with Gasteiger partial charge in [0.25, 0.3) is 0 Å². The molecule has 0 spiro atoms. The maximum absolute atomic E-state index is 13.5. The van der Waals surface area contributed by atoms with Crippen LogP contribution in [-0.2, 0) is 0 Å². The van der Waals surface area contributed by atoms with Crippen LogP contribution in [0.15, 0.2) is 12.1 Å². The average Bonchev–Trinajstić information content (AvgIpc) is 2.23. The average molecular weight is 229 g/mol. The molecular formula is C12H14F3N. The Balaban J connectivity index is 2.29. The molecular weight excluding hydrogens is 215 g/mol. The van der Waals surface area contributed by atoms with Crippen molar-refractivity contribution in [2.75, 3.05) is 6.54 Å². The second-order valence-electron chi connectivity index (χ2n) is 4.36. The van der Waals surface area contributed by atoms with E-state index in [0.29, 0.717) is 11.6 Å². The van der Waals surface area contributed by atoms with Gasteiger partial charge in [-0.25, -0.2) is 13.2 Å². The highest BCUT2D eigenvalue weighted by molar-refractivity contribution is 5.24. The van der Waals surface area contributed by atoms with Gasteiger partial charge in [-0.3, -0.25) is 0 Å². The molecule has 1 aliphatic rings. The molecule has 1 heterocycles. The summed E-state index contributed by atoms with van der Waals surface area (Å²) < 4.78 is 39.3. The molecule has 16 heavy (non-hydrogen) atoms. The first-order valence-corrected chi connectivity index (χ1v) is 5.45. The standard InChI is InChI=1S/C12H14F3N/c1-7-4-8(2-3-16-7)9-5-11(14)12(15)6-10(9)13/h5-8,16H,2-4H2,1H3. The van der Waals surface area contributed by atoms with Gasteiger partial charge in [-0.2, -0.15) is 0 Å². The number of piperidine rings is 1. The molecule has 0 amide bonds. The molecule has 0 aromatic heterocycles. The molecule has 2 rings (SSSR count). The Morgan fingerprint density at radius 1 is 1.12 bits per heavy atom. The van der Waals surface area contributed by atoms with Crippen molar-refractivity contribution in [3.8, 4) is 0 Å². The van der Waals surface area contributed by atoms with Crippen LogP contribution in [0.1, 0.15) is 31.2 Å². The van der Waals surface area contributed by atoms with E-state index in [2.05, 4.69) is 5.32 Å². The zero-order valence-corrected chi connectivity index (χ0v) is 9.06. The second-order valence-corrected chi connectivity index (χ2v) is 4.36. The normalized spacial score (nSPS) is 25.8. The minimum atomic E-state index is -1.12.